The summed E-state index contributed by atoms with van der Waals surface area (Å²) in [6.07, 6.45) is 3.87. The number of hydrogen-bond acceptors (Lipinski definition) is 4. The molecule has 5 heteroatoms. The van der Waals surface area contributed by atoms with Crippen LogP contribution in [0.5, 0.6) is 0 Å². The lowest BCUT2D eigenvalue weighted by Crippen LogP contribution is -2.19. The molecular weight excluding hydrogens is 164 g/mol. The summed E-state index contributed by atoms with van der Waals surface area (Å²) in [5.74, 6) is 0. The van der Waals surface area contributed by atoms with Crippen molar-refractivity contribution in [3.8, 4) is 0 Å². The third-order valence-corrected chi connectivity index (χ3v) is 1.43. The van der Waals surface area contributed by atoms with Crippen molar-refractivity contribution in [2.24, 2.45) is 5.16 Å². The van der Waals surface area contributed by atoms with Crippen molar-refractivity contribution in [3.05, 3.63) is 24.4 Å². The molecule has 0 unspecified atom stereocenters. The summed E-state index contributed by atoms with van der Waals surface area (Å²) in [4.78, 5) is 15.1. The molecule has 0 bridgehead atoms. The Balaban J connectivity index is 2.83. The van der Waals surface area contributed by atoms with Gasteiger partial charge in [-0.3, -0.25) is 4.84 Å². The van der Waals surface area contributed by atoms with Crippen LogP contribution in [0.2, 0.25) is 0 Å². The average Bonchev–Trinajstić information content (AvgIpc) is 2.00. The van der Waals surface area contributed by atoms with E-state index < -0.39 is 6.09 Å². The van der Waals surface area contributed by atoms with E-state index >= 15 is 0 Å². The SMILES string of the molecule is C=C1/C=C\C=N/OC(=O)N1S. The number of oxime groups is 1. The molecule has 0 aromatic heterocycles. The second-order valence-corrected chi connectivity index (χ2v) is 2.17. The Morgan fingerprint density at radius 1 is 1.73 bits per heavy atom. The largest absolute Gasteiger partial charge is 0.450 e. The van der Waals surface area contributed by atoms with E-state index in [4.69, 9.17) is 0 Å². The summed E-state index contributed by atoms with van der Waals surface area (Å²) in [5, 5.41) is 3.30. The third-order valence-electron chi connectivity index (χ3n) is 1.01. The molecule has 0 aliphatic carbocycles. The van der Waals surface area contributed by atoms with Gasteiger partial charge < -0.3 is 0 Å². The normalized spacial score (nSPS) is 23.5. The first-order valence-electron chi connectivity index (χ1n) is 2.81. The predicted molar refractivity (Wildman–Crippen MR) is 44.1 cm³/mol. The molecule has 1 aliphatic rings. The summed E-state index contributed by atoms with van der Waals surface area (Å²) in [6.45, 7) is 3.55. The minimum absolute atomic E-state index is 0.435. The van der Waals surface area contributed by atoms with Crippen molar-refractivity contribution in [1.82, 2.24) is 4.31 Å². The van der Waals surface area contributed by atoms with Crippen molar-refractivity contribution in [2.75, 3.05) is 0 Å². The topological polar surface area (TPSA) is 41.9 Å². The highest BCUT2D eigenvalue weighted by molar-refractivity contribution is 7.78. The lowest BCUT2D eigenvalue weighted by atomic mass is 10.4. The van der Waals surface area contributed by atoms with Crippen LogP contribution in [-0.4, -0.2) is 16.6 Å². The fraction of sp³-hybridized carbons (Fsp3) is 0. The summed E-state index contributed by atoms with van der Waals surface area (Å²) in [5.41, 5.74) is 0.435. The minimum atomic E-state index is -0.668. The molecule has 58 valence electrons. The standard InChI is InChI=1S/C6H6N2O2S/c1-5-3-2-4-7-10-6(9)8(5)11/h2-4,11H,1H2/b3-2-,7-4-. The van der Waals surface area contributed by atoms with Crippen molar-refractivity contribution >= 4 is 25.1 Å². The van der Waals surface area contributed by atoms with Gasteiger partial charge in [-0.2, -0.15) is 0 Å². The number of rotatable bonds is 0. The van der Waals surface area contributed by atoms with E-state index in [0.717, 1.165) is 4.31 Å². The summed E-state index contributed by atoms with van der Waals surface area (Å²) in [6, 6.07) is 0. The van der Waals surface area contributed by atoms with E-state index in [1.807, 2.05) is 0 Å². The number of allylic oxidation sites excluding steroid dienone is 2. The predicted octanol–water partition coefficient (Wildman–Crippen LogP) is 1.34. The summed E-state index contributed by atoms with van der Waals surface area (Å²) in [7, 11) is 0. The molecule has 0 atom stereocenters. The van der Waals surface area contributed by atoms with Crippen LogP contribution in [-0.2, 0) is 4.84 Å². The minimum Gasteiger partial charge on any atom is -0.297 e. The Kier molecular flexibility index (Phi) is 2.32. The number of thiol groups is 1. The first-order valence-corrected chi connectivity index (χ1v) is 3.21. The van der Waals surface area contributed by atoms with E-state index in [-0.39, 0.29) is 0 Å². The highest BCUT2D eigenvalue weighted by Crippen LogP contribution is 2.10. The fourth-order valence-corrected chi connectivity index (χ4v) is 0.594. The summed E-state index contributed by atoms with van der Waals surface area (Å²) >= 11 is 3.80. The molecule has 4 nitrogen and oxygen atoms in total. The quantitative estimate of drug-likeness (QED) is 0.440. The van der Waals surface area contributed by atoms with E-state index in [1.165, 1.54) is 6.21 Å². The van der Waals surface area contributed by atoms with Crippen LogP contribution < -0.4 is 0 Å². The molecule has 11 heavy (non-hydrogen) atoms. The van der Waals surface area contributed by atoms with Gasteiger partial charge in [0.2, 0.25) is 0 Å². The molecule has 0 aromatic carbocycles. The zero-order valence-electron chi connectivity index (χ0n) is 5.60. The Labute approximate surface area is 69.4 Å². The van der Waals surface area contributed by atoms with Crippen molar-refractivity contribution in [2.45, 2.75) is 0 Å². The van der Waals surface area contributed by atoms with Gasteiger partial charge in [0, 0.05) is 0 Å². The molecule has 0 N–H and O–H groups in total. The monoisotopic (exact) mass is 170 g/mol. The van der Waals surface area contributed by atoms with Crippen molar-refractivity contribution in [3.63, 3.8) is 0 Å². The lowest BCUT2D eigenvalue weighted by Gasteiger charge is -2.13. The van der Waals surface area contributed by atoms with E-state index in [9.17, 15) is 4.79 Å². The van der Waals surface area contributed by atoms with Crippen LogP contribution in [0.15, 0.2) is 29.6 Å². The zero-order valence-corrected chi connectivity index (χ0v) is 6.49. The number of amides is 1. The van der Waals surface area contributed by atoms with Crippen molar-refractivity contribution in [1.29, 1.82) is 0 Å². The fourth-order valence-electron chi connectivity index (χ4n) is 0.491. The van der Waals surface area contributed by atoms with Gasteiger partial charge in [0.15, 0.2) is 0 Å². The number of hydrogen-bond donors (Lipinski definition) is 1. The van der Waals surface area contributed by atoms with E-state index in [1.54, 1.807) is 12.2 Å². The second kappa shape index (κ2) is 3.25. The van der Waals surface area contributed by atoms with Crippen LogP contribution in [0.25, 0.3) is 0 Å². The maximum Gasteiger partial charge on any atom is 0.450 e. The van der Waals surface area contributed by atoms with Crippen LogP contribution in [0.4, 0.5) is 4.79 Å². The number of carbonyl (C=O) groups excluding carboxylic acids is 1. The molecule has 0 saturated carbocycles. The van der Waals surface area contributed by atoms with Crippen LogP contribution >= 0.6 is 12.8 Å². The van der Waals surface area contributed by atoms with Crippen molar-refractivity contribution < 1.29 is 9.63 Å². The van der Waals surface area contributed by atoms with Gasteiger partial charge in [-0.1, -0.05) is 24.5 Å². The maximum absolute atomic E-state index is 10.8. The zero-order chi connectivity index (χ0) is 8.27. The third kappa shape index (κ3) is 1.84. The summed E-state index contributed by atoms with van der Waals surface area (Å²) < 4.78 is 0.965. The molecule has 0 aromatic rings. The van der Waals surface area contributed by atoms with Gasteiger partial charge in [-0.15, -0.1) is 0 Å². The first-order chi connectivity index (χ1) is 5.22. The molecule has 0 radical (unpaired) electrons. The second-order valence-electron chi connectivity index (χ2n) is 1.77. The first kappa shape index (κ1) is 7.87. The highest BCUT2D eigenvalue weighted by Gasteiger charge is 2.13. The van der Waals surface area contributed by atoms with Gasteiger partial charge in [0.25, 0.3) is 0 Å². The number of carbonyl (C=O) groups is 1. The van der Waals surface area contributed by atoms with E-state index in [0.29, 0.717) is 5.70 Å². The molecule has 1 aliphatic heterocycles. The number of nitrogens with zero attached hydrogens (tertiary/aromatic N) is 2. The Hall–Kier alpha value is -1.23. The molecule has 0 saturated heterocycles. The Bertz CT molecular complexity index is 247. The van der Waals surface area contributed by atoms with Crippen LogP contribution in [0.1, 0.15) is 0 Å². The van der Waals surface area contributed by atoms with Gasteiger partial charge >= 0.3 is 6.09 Å². The van der Waals surface area contributed by atoms with Crippen LogP contribution in [0, 0.1) is 0 Å². The van der Waals surface area contributed by atoms with Gasteiger partial charge in [-0.05, 0) is 12.2 Å². The Morgan fingerprint density at radius 2 is 2.45 bits per heavy atom. The maximum atomic E-state index is 10.8. The molecule has 0 fully saturated rings. The van der Waals surface area contributed by atoms with E-state index in [2.05, 4.69) is 29.4 Å². The molecule has 1 amide bonds. The van der Waals surface area contributed by atoms with Gasteiger partial charge in [-0.25, -0.2) is 9.10 Å². The average molecular weight is 170 g/mol. The molecular formula is C6H6N2O2S. The van der Waals surface area contributed by atoms with Gasteiger partial charge in [0.1, 0.15) is 0 Å². The van der Waals surface area contributed by atoms with Gasteiger partial charge in [0.05, 0.1) is 11.9 Å². The molecule has 0 spiro atoms. The van der Waals surface area contributed by atoms with Crippen LogP contribution in [0.3, 0.4) is 0 Å². The molecule has 1 rings (SSSR count). The molecule has 1 heterocycles. The Morgan fingerprint density at radius 3 is 3.18 bits per heavy atom. The highest BCUT2D eigenvalue weighted by atomic mass is 32.1. The smallest absolute Gasteiger partial charge is 0.297 e. The lowest BCUT2D eigenvalue weighted by molar-refractivity contribution is 0.139.